The van der Waals surface area contributed by atoms with Gasteiger partial charge in [0.1, 0.15) is 0 Å². The summed E-state index contributed by atoms with van der Waals surface area (Å²) in [5, 5.41) is 0. The van der Waals surface area contributed by atoms with Crippen molar-refractivity contribution in [3.63, 3.8) is 0 Å². The number of anilines is 2. The molecule has 0 bridgehead atoms. The van der Waals surface area contributed by atoms with Gasteiger partial charge in [0, 0.05) is 12.6 Å². The lowest BCUT2D eigenvalue weighted by Crippen LogP contribution is -2.32. The quantitative estimate of drug-likeness (QED) is 0.877. The van der Waals surface area contributed by atoms with Crippen LogP contribution in [0, 0.1) is 0 Å². The largest absolute Gasteiger partial charge is 0.454 e. The zero-order chi connectivity index (χ0) is 18.8. The molecule has 7 nitrogen and oxygen atoms in total. The van der Waals surface area contributed by atoms with Gasteiger partial charge in [-0.3, -0.25) is 9.52 Å². The third kappa shape index (κ3) is 2.47. The normalized spacial score (nSPS) is 20.0. The van der Waals surface area contributed by atoms with E-state index in [2.05, 4.69) is 4.72 Å². The summed E-state index contributed by atoms with van der Waals surface area (Å²) >= 11 is 0. The van der Waals surface area contributed by atoms with E-state index in [0.29, 0.717) is 23.7 Å². The smallest absolute Gasteiger partial charge is 0.261 e. The number of benzene rings is 2. The van der Waals surface area contributed by atoms with Crippen molar-refractivity contribution in [2.24, 2.45) is 0 Å². The zero-order valence-corrected chi connectivity index (χ0v) is 15.5. The van der Waals surface area contributed by atoms with Crippen molar-refractivity contribution >= 4 is 27.3 Å². The van der Waals surface area contributed by atoms with Gasteiger partial charge in [-0.2, -0.15) is 0 Å². The van der Waals surface area contributed by atoms with Gasteiger partial charge in [-0.1, -0.05) is 0 Å². The summed E-state index contributed by atoms with van der Waals surface area (Å²) in [6, 6.07) is 8.22. The van der Waals surface area contributed by atoms with Crippen LogP contribution in [0.2, 0.25) is 0 Å². The van der Waals surface area contributed by atoms with Crippen molar-refractivity contribution < 1.29 is 22.7 Å². The molecule has 0 saturated heterocycles. The standard InChI is InChI=1S/C19H18N2O5S/c1-11-15-9-14(7-12-3-2-6-21(18(12)15)19(11)22)27(23,24)20-13-4-5-16-17(8-13)26-10-25-16/h4-5,7-9,11,20H,2-3,6,10H2,1H3/t11-/m1/s1. The van der Waals surface area contributed by atoms with Crippen LogP contribution in [0.3, 0.4) is 0 Å². The van der Waals surface area contributed by atoms with E-state index in [4.69, 9.17) is 9.47 Å². The first-order valence-electron chi connectivity index (χ1n) is 8.85. The minimum atomic E-state index is -3.80. The van der Waals surface area contributed by atoms with Crippen molar-refractivity contribution in [2.75, 3.05) is 23.0 Å². The molecule has 1 atom stereocenters. The third-order valence-electron chi connectivity index (χ3n) is 5.33. The number of sulfonamides is 1. The zero-order valence-electron chi connectivity index (χ0n) is 14.7. The molecule has 3 aliphatic heterocycles. The van der Waals surface area contributed by atoms with E-state index in [1.165, 1.54) is 0 Å². The van der Waals surface area contributed by atoms with E-state index >= 15 is 0 Å². The molecule has 3 heterocycles. The van der Waals surface area contributed by atoms with Crippen molar-refractivity contribution in [1.29, 1.82) is 0 Å². The van der Waals surface area contributed by atoms with Crippen LogP contribution in [0.15, 0.2) is 35.2 Å². The van der Waals surface area contributed by atoms with Crippen LogP contribution in [-0.4, -0.2) is 27.7 Å². The molecule has 27 heavy (non-hydrogen) atoms. The maximum absolute atomic E-state index is 13.0. The number of amides is 1. The molecule has 0 aliphatic carbocycles. The predicted molar refractivity (Wildman–Crippen MR) is 98.9 cm³/mol. The van der Waals surface area contributed by atoms with E-state index in [1.54, 1.807) is 35.2 Å². The summed E-state index contributed by atoms with van der Waals surface area (Å²) < 4.78 is 39.1. The van der Waals surface area contributed by atoms with Crippen LogP contribution in [0.4, 0.5) is 11.4 Å². The number of carbonyl (C=O) groups is 1. The van der Waals surface area contributed by atoms with Gasteiger partial charge in [-0.25, -0.2) is 8.42 Å². The lowest BCUT2D eigenvalue weighted by Gasteiger charge is -2.26. The Morgan fingerprint density at radius 3 is 2.81 bits per heavy atom. The second kappa shape index (κ2) is 5.63. The van der Waals surface area contributed by atoms with E-state index in [9.17, 15) is 13.2 Å². The van der Waals surface area contributed by atoms with Crippen LogP contribution in [0.1, 0.15) is 30.4 Å². The minimum Gasteiger partial charge on any atom is -0.454 e. The lowest BCUT2D eigenvalue weighted by molar-refractivity contribution is -0.119. The number of ether oxygens (including phenoxy) is 2. The first-order chi connectivity index (χ1) is 12.9. The third-order valence-corrected chi connectivity index (χ3v) is 6.69. The Labute approximate surface area is 156 Å². The predicted octanol–water partition coefficient (Wildman–Crippen LogP) is 2.61. The molecule has 8 heteroatoms. The molecule has 2 aromatic rings. The molecule has 0 aromatic heterocycles. The number of hydrogen-bond acceptors (Lipinski definition) is 5. The topological polar surface area (TPSA) is 84.9 Å². The fourth-order valence-corrected chi connectivity index (χ4v) is 5.13. The highest BCUT2D eigenvalue weighted by Crippen LogP contribution is 2.44. The molecule has 2 aromatic carbocycles. The number of nitrogens with one attached hydrogen (secondary N) is 1. The van der Waals surface area contributed by atoms with Crippen LogP contribution in [-0.2, 0) is 21.2 Å². The fourth-order valence-electron chi connectivity index (χ4n) is 3.99. The molecule has 3 aliphatic rings. The van der Waals surface area contributed by atoms with E-state index in [-0.39, 0.29) is 23.5 Å². The molecule has 0 spiro atoms. The summed E-state index contributed by atoms with van der Waals surface area (Å²) in [7, 11) is -3.80. The minimum absolute atomic E-state index is 0.0456. The van der Waals surface area contributed by atoms with Crippen molar-refractivity contribution in [3.8, 4) is 11.5 Å². The van der Waals surface area contributed by atoms with Crippen LogP contribution >= 0.6 is 0 Å². The van der Waals surface area contributed by atoms with E-state index in [1.807, 2.05) is 6.92 Å². The Kier molecular flexibility index (Phi) is 3.42. The first kappa shape index (κ1) is 16.4. The monoisotopic (exact) mass is 386 g/mol. The molecule has 140 valence electrons. The van der Waals surface area contributed by atoms with Gasteiger partial charge in [-0.15, -0.1) is 0 Å². The Morgan fingerprint density at radius 1 is 1.15 bits per heavy atom. The molecule has 1 N–H and O–H groups in total. The Morgan fingerprint density at radius 2 is 1.96 bits per heavy atom. The summed E-state index contributed by atoms with van der Waals surface area (Å²) in [6.45, 7) is 2.66. The molecule has 1 amide bonds. The Balaban J connectivity index is 1.54. The number of carbonyl (C=O) groups excluding carboxylic acids is 1. The highest BCUT2D eigenvalue weighted by Gasteiger charge is 2.38. The SMILES string of the molecule is C[C@H]1C(=O)N2CCCc3cc(S(=O)(=O)Nc4ccc5c(c4)OCO5)cc1c32. The summed E-state index contributed by atoms with van der Waals surface area (Å²) in [5.41, 5.74) is 3.02. The molecule has 5 rings (SSSR count). The Hall–Kier alpha value is -2.74. The van der Waals surface area contributed by atoms with Gasteiger partial charge in [-0.05, 0) is 55.2 Å². The highest BCUT2D eigenvalue weighted by atomic mass is 32.2. The summed E-state index contributed by atoms with van der Waals surface area (Å²) in [5.74, 6) is 0.822. The van der Waals surface area contributed by atoms with Crippen LogP contribution < -0.4 is 19.1 Å². The number of nitrogens with zero attached hydrogens (tertiary/aromatic N) is 1. The van der Waals surface area contributed by atoms with Crippen molar-refractivity contribution in [2.45, 2.75) is 30.6 Å². The molecular weight excluding hydrogens is 368 g/mol. The van der Waals surface area contributed by atoms with E-state index < -0.39 is 10.0 Å². The van der Waals surface area contributed by atoms with Crippen LogP contribution in [0.5, 0.6) is 11.5 Å². The number of fused-ring (bicyclic) bond motifs is 1. The fraction of sp³-hybridized carbons (Fsp3) is 0.316. The van der Waals surface area contributed by atoms with Gasteiger partial charge in [0.2, 0.25) is 12.7 Å². The van der Waals surface area contributed by atoms with Gasteiger partial charge in [0.05, 0.1) is 22.2 Å². The lowest BCUT2D eigenvalue weighted by atomic mass is 9.97. The number of hydrogen-bond donors (Lipinski definition) is 1. The van der Waals surface area contributed by atoms with Crippen LogP contribution in [0.25, 0.3) is 0 Å². The van der Waals surface area contributed by atoms with Crippen molar-refractivity contribution in [3.05, 3.63) is 41.5 Å². The van der Waals surface area contributed by atoms with Gasteiger partial charge in [0.15, 0.2) is 11.5 Å². The van der Waals surface area contributed by atoms with Gasteiger partial charge in [0.25, 0.3) is 10.0 Å². The van der Waals surface area contributed by atoms with E-state index in [0.717, 1.165) is 29.7 Å². The first-order valence-corrected chi connectivity index (χ1v) is 10.3. The number of aryl methyl sites for hydroxylation is 1. The Bertz CT molecular complexity index is 1080. The molecule has 0 unspecified atom stereocenters. The molecule has 0 saturated carbocycles. The maximum atomic E-state index is 13.0. The second-order valence-corrected chi connectivity index (χ2v) is 8.69. The summed E-state index contributed by atoms with van der Waals surface area (Å²) in [4.78, 5) is 14.4. The average molecular weight is 386 g/mol. The maximum Gasteiger partial charge on any atom is 0.261 e. The second-order valence-electron chi connectivity index (χ2n) is 7.01. The van der Waals surface area contributed by atoms with Crippen molar-refractivity contribution in [1.82, 2.24) is 0 Å². The van der Waals surface area contributed by atoms with Gasteiger partial charge < -0.3 is 14.4 Å². The number of rotatable bonds is 3. The molecule has 0 radical (unpaired) electrons. The average Bonchev–Trinajstić information content (AvgIpc) is 3.21. The highest BCUT2D eigenvalue weighted by molar-refractivity contribution is 7.92. The van der Waals surface area contributed by atoms with Gasteiger partial charge >= 0.3 is 0 Å². The molecule has 0 fully saturated rings. The molecular formula is C19H18N2O5S. The summed E-state index contributed by atoms with van der Waals surface area (Å²) in [6.07, 6.45) is 1.61.